The van der Waals surface area contributed by atoms with Gasteiger partial charge in [0.25, 0.3) is 5.91 Å². The van der Waals surface area contributed by atoms with Gasteiger partial charge < -0.3 is 20.1 Å². The van der Waals surface area contributed by atoms with Crippen LogP contribution in [-0.2, 0) is 11.3 Å². The minimum Gasteiger partial charge on any atom is -0.388 e. The highest BCUT2D eigenvalue weighted by atomic mass is 16.5. The largest absolute Gasteiger partial charge is 0.388 e. The molecule has 0 spiro atoms. The van der Waals surface area contributed by atoms with Crippen molar-refractivity contribution in [2.45, 2.75) is 57.2 Å². The molecule has 2 aliphatic heterocycles. The summed E-state index contributed by atoms with van der Waals surface area (Å²) in [6.45, 7) is 5.71. The maximum atomic E-state index is 12.5. The third-order valence-corrected chi connectivity index (χ3v) is 5.62. The summed E-state index contributed by atoms with van der Waals surface area (Å²) in [4.78, 5) is 14.4. The maximum Gasteiger partial charge on any atom is 0.253 e. The summed E-state index contributed by atoms with van der Waals surface area (Å²) >= 11 is 0. The minimum absolute atomic E-state index is 0.00561. The third kappa shape index (κ3) is 4.60. The zero-order chi connectivity index (χ0) is 17.7. The third-order valence-electron chi connectivity index (χ3n) is 5.62. The number of aliphatic hydroxyl groups is 1. The van der Waals surface area contributed by atoms with Crippen molar-refractivity contribution in [1.29, 1.82) is 0 Å². The first-order chi connectivity index (χ1) is 12.1. The molecule has 0 aliphatic carbocycles. The number of hydrogen-bond acceptors (Lipinski definition) is 4. The fourth-order valence-electron chi connectivity index (χ4n) is 3.66. The van der Waals surface area contributed by atoms with E-state index in [1.54, 1.807) is 0 Å². The molecular formula is C20H30N2O3. The van der Waals surface area contributed by atoms with Gasteiger partial charge in [-0.05, 0) is 43.9 Å². The molecular weight excluding hydrogens is 316 g/mol. The fourth-order valence-corrected chi connectivity index (χ4v) is 3.66. The molecule has 1 aromatic rings. The molecule has 0 bridgehead atoms. The average Bonchev–Trinajstić information content (AvgIpc) is 2.67. The number of piperidine rings is 1. The molecule has 1 amide bonds. The number of ether oxygens (including phenoxy) is 1. The normalized spacial score (nSPS) is 21.8. The number of hydrogen-bond donors (Lipinski definition) is 2. The molecule has 0 saturated carbocycles. The van der Waals surface area contributed by atoms with E-state index in [4.69, 9.17) is 4.74 Å². The van der Waals surface area contributed by atoms with Gasteiger partial charge in [0.2, 0.25) is 0 Å². The Morgan fingerprint density at radius 1 is 1.20 bits per heavy atom. The van der Waals surface area contributed by atoms with Gasteiger partial charge in [-0.25, -0.2) is 0 Å². The van der Waals surface area contributed by atoms with Crippen LogP contribution in [0.25, 0.3) is 0 Å². The molecule has 5 nitrogen and oxygen atoms in total. The predicted octanol–water partition coefficient (Wildman–Crippen LogP) is 2.33. The van der Waals surface area contributed by atoms with E-state index in [0.29, 0.717) is 32.6 Å². The molecule has 0 radical (unpaired) electrons. The van der Waals surface area contributed by atoms with Crippen LogP contribution in [0.1, 0.15) is 54.9 Å². The SMILES string of the molecule is CC(NCc1ccc(C(=O)N2CCCCC2)cc1)C1(O)CCOCC1. The lowest BCUT2D eigenvalue weighted by Gasteiger charge is -2.37. The highest BCUT2D eigenvalue weighted by Gasteiger charge is 2.35. The smallest absolute Gasteiger partial charge is 0.253 e. The standard InChI is InChI=1S/C20H30N2O3/c1-16(20(24)9-13-25-14-10-20)21-15-17-5-7-18(8-6-17)19(23)22-11-3-2-4-12-22/h5-8,16,21,24H,2-4,9-15H2,1H3. The number of benzene rings is 1. The van der Waals surface area contributed by atoms with Crippen molar-refractivity contribution in [3.05, 3.63) is 35.4 Å². The van der Waals surface area contributed by atoms with Crippen molar-refractivity contribution < 1.29 is 14.6 Å². The van der Waals surface area contributed by atoms with E-state index in [9.17, 15) is 9.90 Å². The zero-order valence-corrected chi connectivity index (χ0v) is 15.2. The Morgan fingerprint density at radius 2 is 1.84 bits per heavy atom. The first-order valence-corrected chi connectivity index (χ1v) is 9.50. The van der Waals surface area contributed by atoms with Crippen LogP contribution < -0.4 is 5.32 Å². The lowest BCUT2D eigenvalue weighted by Crippen LogP contribution is -2.51. The highest BCUT2D eigenvalue weighted by Crippen LogP contribution is 2.24. The Bertz CT molecular complexity index is 561. The van der Waals surface area contributed by atoms with E-state index in [-0.39, 0.29) is 11.9 Å². The number of carbonyl (C=O) groups excluding carboxylic acids is 1. The van der Waals surface area contributed by atoms with Gasteiger partial charge in [0, 0.05) is 57.3 Å². The second kappa shape index (κ2) is 8.30. The topological polar surface area (TPSA) is 61.8 Å². The molecule has 1 atom stereocenters. The number of nitrogens with zero attached hydrogens (tertiary/aromatic N) is 1. The van der Waals surface area contributed by atoms with Crippen molar-refractivity contribution in [2.24, 2.45) is 0 Å². The van der Waals surface area contributed by atoms with Crippen molar-refractivity contribution in [3.63, 3.8) is 0 Å². The average molecular weight is 346 g/mol. The lowest BCUT2D eigenvalue weighted by atomic mass is 9.87. The van der Waals surface area contributed by atoms with Gasteiger partial charge in [0.15, 0.2) is 0 Å². The van der Waals surface area contributed by atoms with Crippen molar-refractivity contribution in [3.8, 4) is 0 Å². The number of rotatable bonds is 5. The Balaban J connectivity index is 1.52. The van der Waals surface area contributed by atoms with Gasteiger partial charge in [-0.1, -0.05) is 12.1 Å². The Hall–Kier alpha value is -1.43. The Morgan fingerprint density at radius 3 is 2.48 bits per heavy atom. The molecule has 2 aliphatic rings. The second-order valence-electron chi connectivity index (χ2n) is 7.37. The summed E-state index contributed by atoms with van der Waals surface area (Å²) in [6.07, 6.45) is 4.79. The molecule has 1 aromatic carbocycles. The second-order valence-corrected chi connectivity index (χ2v) is 7.37. The van der Waals surface area contributed by atoms with Gasteiger partial charge in [-0.3, -0.25) is 4.79 Å². The quantitative estimate of drug-likeness (QED) is 0.859. The van der Waals surface area contributed by atoms with E-state index in [0.717, 1.165) is 37.1 Å². The van der Waals surface area contributed by atoms with Gasteiger partial charge in [0.05, 0.1) is 5.60 Å². The monoisotopic (exact) mass is 346 g/mol. The number of likely N-dealkylation sites (tertiary alicyclic amines) is 1. The van der Waals surface area contributed by atoms with Crippen LogP contribution in [-0.4, -0.2) is 53.9 Å². The van der Waals surface area contributed by atoms with E-state index < -0.39 is 5.60 Å². The molecule has 2 heterocycles. The fraction of sp³-hybridized carbons (Fsp3) is 0.650. The van der Waals surface area contributed by atoms with Crippen LogP contribution >= 0.6 is 0 Å². The van der Waals surface area contributed by atoms with Gasteiger partial charge in [-0.15, -0.1) is 0 Å². The molecule has 2 N–H and O–H groups in total. The summed E-state index contributed by atoms with van der Waals surface area (Å²) in [6, 6.07) is 7.85. The first kappa shape index (κ1) is 18.4. The molecule has 5 heteroatoms. The molecule has 1 unspecified atom stereocenters. The van der Waals surface area contributed by atoms with E-state index in [1.807, 2.05) is 36.1 Å². The van der Waals surface area contributed by atoms with Gasteiger partial charge in [-0.2, -0.15) is 0 Å². The highest BCUT2D eigenvalue weighted by molar-refractivity contribution is 5.94. The molecule has 2 fully saturated rings. The molecule has 2 saturated heterocycles. The summed E-state index contributed by atoms with van der Waals surface area (Å²) in [5.41, 5.74) is 1.20. The first-order valence-electron chi connectivity index (χ1n) is 9.50. The van der Waals surface area contributed by atoms with Gasteiger partial charge >= 0.3 is 0 Å². The number of carbonyl (C=O) groups is 1. The van der Waals surface area contributed by atoms with Gasteiger partial charge in [0.1, 0.15) is 0 Å². The Kier molecular flexibility index (Phi) is 6.10. The molecule has 0 aromatic heterocycles. The van der Waals surface area contributed by atoms with Crippen LogP contribution in [0.2, 0.25) is 0 Å². The summed E-state index contributed by atoms with van der Waals surface area (Å²) in [5.74, 6) is 0.143. The van der Waals surface area contributed by atoms with Crippen molar-refractivity contribution in [1.82, 2.24) is 10.2 Å². The summed E-state index contributed by atoms with van der Waals surface area (Å²) < 4.78 is 5.34. The molecule has 138 valence electrons. The minimum atomic E-state index is -0.692. The van der Waals surface area contributed by atoms with E-state index in [1.165, 1.54) is 6.42 Å². The van der Waals surface area contributed by atoms with Crippen molar-refractivity contribution in [2.75, 3.05) is 26.3 Å². The summed E-state index contributed by atoms with van der Waals surface area (Å²) in [7, 11) is 0. The predicted molar refractivity (Wildman–Crippen MR) is 97.5 cm³/mol. The number of amides is 1. The van der Waals surface area contributed by atoms with E-state index >= 15 is 0 Å². The zero-order valence-electron chi connectivity index (χ0n) is 15.2. The van der Waals surface area contributed by atoms with Crippen LogP contribution in [0.3, 0.4) is 0 Å². The van der Waals surface area contributed by atoms with Crippen LogP contribution in [0.5, 0.6) is 0 Å². The Labute approximate surface area is 150 Å². The summed E-state index contributed by atoms with van der Waals surface area (Å²) in [5, 5.41) is 14.1. The molecule has 3 rings (SSSR count). The van der Waals surface area contributed by atoms with Crippen molar-refractivity contribution >= 4 is 5.91 Å². The van der Waals surface area contributed by atoms with E-state index in [2.05, 4.69) is 5.32 Å². The number of nitrogens with one attached hydrogen (secondary N) is 1. The lowest BCUT2D eigenvalue weighted by molar-refractivity contribution is -0.0819. The molecule has 25 heavy (non-hydrogen) atoms. The van der Waals surface area contributed by atoms with Crippen LogP contribution in [0, 0.1) is 0 Å². The maximum absolute atomic E-state index is 12.5. The van der Waals surface area contributed by atoms with Crippen LogP contribution in [0.15, 0.2) is 24.3 Å². The van der Waals surface area contributed by atoms with Crippen LogP contribution in [0.4, 0.5) is 0 Å².